The van der Waals surface area contributed by atoms with Gasteiger partial charge in [0.25, 0.3) is 0 Å². The van der Waals surface area contributed by atoms with Crippen molar-refractivity contribution in [1.29, 1.82) is 0 Å². The highest BCUT2D eigenvalue weighted by Crippen LogP contribution is 2.41. The lowest BCUT2D eigenvalue weighted by atomic mass is 9.70. The van der Waals surface area contributed by atoms with Crippen molar-refractivity contribution in [2.45, 2.75) is 37.7 Å². The molecule has 3 N–H and O–H groups in total. The molecule has 68 valence electrons. The van der Waals surface area contributed by atoms with Crippen LogP contribution < -0.4 is 5.73 Å². The molecule has 0 heterocycles. The van der Waals surface area contributed by atoms with Crippen LogP contribution in [-0.2, 0) is 0 Å². The number of hydrogen-bond donors (Lipinski definition) is 2. The Morgan fingerprint density at radius 1 is 1.67 bits per heavy atom. The van der Waals surface area contributed by atoms with Gasteiger partial charge in [0.05, 0.1) is 5.60 Å². The summed E-state index contributed by atoms with van der Waals surface area (Å²) in [6.45, 7) is 0.624. The first-order chi connectivity index (χ1) is 5.72. The molecule has 1 fully saturated rings. The van der Waals surface area contributed by atoms with E-state index in [0.717, 1.165) is 19.3 Å². The Balaban J connectivity index is 2.21. The normalized spacial score (nSPS) is 40.8. The lowest BCUT2D eigenvalue weighted by Crippen LogP contribution is -2.37. The molecule has 0 aromatic rings. The number of aliphatic hydroxyl groups is 1. The fourth-order valence-corrected chi connectivity index (χ4v) is 2.66. The van der Waals surface area contributed by atoms with Crippen LogP contribution in [-0.4, -0.2) is 17.3 Å². The summed E-state index contributed by atoms with van der Waals surface area (Å²) < 4.78 is 0. The van der Waals surface area contributed by atoms with Gasteiger partial charge >= 0.3 is 0 Å². The van der Waals surface area contributed by atoms with E-state index in [1.54, 1.807) is 0 Å². The van der Waals surface area contributed by atoms with Gasteiger partial charge in [-0.05, 0) is 38.0 Å². The average molecular weight is 167 g/mol. The topological polar surface area (TPSA) is 46.2 Å². The Morgan fingerprint density at radius 3 is 3.17 bits per heavy atom. The Labute approximate surface area is 73.5 Å². The molecule has 0 radical (unpaired) electrons. The summed E-state index contributed by atoms with van der Waals surface area (Å²) in [6.07, 6.45) is 7.50. The monoisotopic (exact) mass is 167 g/mol. The first-order valence-electron chi connectivity index (χ1n) is 4.85. The second-order valence-corrected chi connectivity index (χ2v) is 4.28. The minimum Gasteiger partial charge on any atom is -0.386 e. The van der Waals surface area contributed by atoms with E-state index in [1.807, 2.05) is 6.08 Å². The highest BCUT2D eigenvalue weighted by atomic mass is 16.3. The summed E-state index contributed by atoms with van der Waals surface area (Å²) >= 11 is 0. The van der Waals surface area contributed by atoms with Gasteiger partial charge in [0.2, 0.25) is 0 Å². The second-order valence-electron chi connectivity index (χ2n) is 4.28. The fraction of sp³-hybridized carbons (Fsp3) is 0.800. The molecule has 2 rings (SSSR count). The standard InChI is InChI=1S/C10H17NO/c11-7-9-4-8-2-1-3-10(12,5-8)6-9/h6,8,12H,1-5,7,11H2. The molecule has 2 bridgehead atoms. The minimum atomic E-state index is -0.490. The van der Waals surface area contributed by atoms with Gasteiger partial charge in [-0.15, -0.1) is 0 Å². The summed E-state index contributed by atoms with van der Waals surface area (Å²) in [6, 6.07) is 0. The smallest absolute Gasteiger partial charge is 0.0833 e. The third kappa shape index (κ3) is 1.41. The van der Waals surface area contributed by atoms with Crippen molar-refractivity contribution in [3.63, 3.8) is 0 Å². The van der Waals surface area contributed by atoms with E-state index in [2.05, 4.69) is 0 Å². The summed E-state index contributed by atoms with van der Waals surface area (Å²) in [5, 5.41) is 10.1. The quantitative estimate of drug-likeness (QED) is 0.576. The SMILES string of the molecule is NCC1=CC2(O)CCCC(C1)C2. The number of nitrogens with two attached hydrogens (primary N) is 1. The largest absolute Gasteiger partial charge is 0.386 e. The molecule has 0 amide bonds. The molecule has 2 aliphatic rings. The van der Waals surface area contributed by atoms with Crippen LogP contribution >= 0.6 is 0 Å². The molecule has 0 spiro atoms. The zero-order valence-electron chi connectivity index (χ0n) is 7.42. The number of fused-ring (bicyclic) bond motifs is 2. The molecule has 12 heavy (non-hydrogen) atoms. The fourth-order valence-electron chi connectivity index (χ4n) is 2.66. The van der Waals surface area contributed by atoms with Gasteiger partial charge in [0, 0.05) is 6.54 Å². The maximum atomic E-state index is 10.1. The number of rotatable bonds is 1. The van der Waals surface area contributed by atoms with Gasteiger partial charge in [-0.1, -0.05) is 11.6 Å². The van der Waals surface area contributed by atoms with Crippen LogP contribution in [0.5, 0.6) is 0 Å². The van der Waals surface area contributed by atoms with Gasteiger partial charge in [0.15, 0.2) is 0 Å². The lowest BCUT2D eigenvalue weighted by Gasteiger charge is -2.39. The zero-order valence-corrected chi connectivity index (χ0v) is 7.42. The molecule has 1 saturated carbocycles. The van der Waals surface area contributed by atoms with Gasteiger partial charge in [-0.3, -0.25) is 0 Å². The molecule has 2 aliphatic carbocycles. The van der Waals surface area contributed by atoms with Crippen molar-refractivity contribution in [2.24, 2.45) is 11.7 Å². The first-order valence-corrected chi connectivity index (χ1v) is 4.85. The Bertz CT molecular complexity index is 212. The predicted molar refractivity (Wildman–Crippen MR) is 48.7 cm³/mol. The van der Waals surface area contributed by atoms with Gasteiger partial charge in [-0.2, -0.15) is 0 Å². The summed E-state index contributed by atoms with van der Waals surface area (Å²) in [7, 11) is 0. The molecule has 0 aromatic heterocycles. The van der Waals surface area contributed by atoms with Crippen LogP contribution in [0, 0.1) is 5.92 Å². The predicted octanol–water partition coefficient (Wildman–Crippen LogP) is 1.20. The average Bonchev–Trinajstić information content (AvgIpc) is 2.02. The van der Waals surface area contributed by atoms with Crippen molar-refractivity contribution in [2.75, 3.05) is 6.54 Å². The molecule has 2 heteroatoms. The Kier molecular flexibility index (Phi) is 1.97. The van der Waals surface area contributed by atoms with Gasteiger partial charge < -0.3 is 10.8 Å². The van der Waals surface area contributed by atoms with Crippen molar-refractivity contribution >= 4 is 0 Å². The zero-order chi connectivity index (χ0) is 8.60. The molecular formula is C10H17NO. The molecular weight excluding hydrogens is 150 g/mol. The van der Waals surface area contributed by atoms with E-state index in [0.29, 0.717) is 12.5 Å². The van der Waals surface area contributed by atoms with E-state index in [9.17, 15) is 5.11 Å². The lowest BCUT2D eigenvalue weighted by molar-refractivity contribution is 0.0191. The van der Waals surface area contributed by atoms with Crippen LogP contribution in [0.1, 0.15) is 32.1 Å². The van der Waals surface area contributed by atoms with E-state index in [1.165, 1.54) is 18.4 Å². The Morgan fingerprint density at radius 2 is 2.50 bits per heavy atom. The first kappa shape index (κ1) is 8.27. The molecule has 2 unspecified atom stereocenters. The van der Waals surface area contributed by atoms with E-state index < -0.39 is 5.60 Å². The summed E-state index contributed by atoms with van der Waals surface area (Å²) in [4.78, 5) is 0. The van der Waals surface area contributed by atoms with Crippen LogP contribution in [0.3, 0.4) is 0 Å². The Hall–Kier alpha value is -0.340. The van der Waals surface area contributed by atoms with Crippen LogP contribution in [0.15, 0.2) is 11.6 Å². The highest BCUT2D eigenvalue weighted by Gasteiger charge is 2.36. The number of hydrogen-bond acceptors (Lipinski definition) is 2. The van der Waals surface area contributed by atoms with Crippen LogP contribution in [0.2, 0.25) is 0 Å². The van der Waals surface area contributed by atoms with Gasteiger partial charge in [0.1, 0.15) is 0 Å². The maximum Gasteiger partial charge on any atom is 0.0833 e. The molecule has 2 nitrogen and oxygen atoms in total. The van der Waals surface area contributed by atoms with Gasteiger partial charge in [-0.25, -0.2) is 0 Å². The van der Waals surface area contributed by atoms with Crippen LogP contribution in [0.4, 0.5) is 0 Å². The molecule has 0 aromatic carbocycles. The second kappa shape index (κ2) is 2.86. The van der Waals surface area contributed by atoms with Crippen molar-refractivity contribution in [3.05, 3.63) is 11.6 Å². The van der Waals surface area contributed by atoms with E-state index in [-0.39, 0.29) is 0 Å². The molecule has 2 atom stereocenters. The van der Waals surface area contributed by atoms with E-state index in [4.69, 9.17) is 5.73 Å². The van der Waals surface area contributed by atoms with Crippen molar-refractivity contribution < 1.29 is 5.11 Å². The molecule has 0 aliphatic heterocycles. The third-order valence-electron chi connectivity index (χ3n) is 3.15. The van der Waals surface area contributed by atoms with E-state index >= 15 is 0 Å². The molecule has 0 saturated heterocycles. The summed E-state index contributed by atoms with van der Waals surface area (Å²) in [5.74, 6) is 0.701. The van der Waals surface area contributed by atoms with Crippen LogP contribution in [0.25, 0.3) is 0 Å². The van der Waals surface area contributed by atoms with Crippen molar-refractivity contribution in [3.8, 4) is 0 Å². The highest BCUT2D eigenvalue weighted by molar-refractivity contribution is 5.18. The maximum absolute atomic E-state index is 10.1. The summed E-state index contributed by atoms with van der Waals surface area (Å²) in [5.41, 5.74) is 6.35. The third-order valence-corrected chi connectivity index (χ3v) is 3.15. The minimum absolute atomic E-state index is 0.490. The van der Waals surface area contributed by atoms with Crippen molar-refractivity contribution in [1.82, 2.24) is 0 Å².